The highest BCUT2D eigenvalue weighted by Crippen LogP contribution is 1.98. The van der Waals surface area contributed by atoms with Gasteiger partial charge >= 0.3 is 0 Å². The number of hydrogen-bond acceptors (Lipinski definition) is 0. The van der Waals surface area contributed by atoms with Crippen LogP contribution in [0.5, 0.6) is 0 Å². The topological polar surface area (TPSA) is 0 Å². The van der Waals surface area contributed by atoms with Gasteiger partial charge in [0.1, 0.15) is 7.85 Å². The summed E-state index contributed by atoms with van der Waals surface area (Å²) in [5.41, 5.74) is 2.46. The van der Waals surface area contributed by atoms with Crippen molar-refractivity contribution in [1.29, 1.82) is 0 Å². The third-order valence-corrected chi connectivity index (χ3v) is 1.55. The van der Waals surface area contributed by atoms with Gasteiger partial charge in [-0.25, -0.2) is 0 Å². The molecule has 0 saturated heterocycles. The van der Waals surface area contributed by atoms with Crippen molar-refractivity contribution in [3.05, 3.63) is 29.8 Å². The Morgan fingerprint density at radius 3 is 2.67 bits per heavy atom. The Morgan fingerprint density at radius 2 is 2.22 bits per heavy atom. The highest BCUT2D eigenvalue weighted by atomic mass is 35.5. The fraction of sp³-hybridized carbons (Fsp3) is 0.143. The Labute approximate surface area is 61.3 Å². The molecule has 9 heavy (non-hydrogen) atoms. The zero-order valence-corrected chi connectivity index (χ0v) is 6.15. The van der Waals surface area contributed by atoms with Gasteiger partial charge in [0.2, 0.25) is 0 Å². The molecule has 1 aromatic rings. The lowest BCUT2D eigenvalue weighted by atomic mass is 9.95. The molecule has 0 aliphatic rings. The van der Waals surface area contributed by atoms with Gasteiger partial charge in [-0.05, 0) is 5.56 Å². The van der Waals surface area contributed by atoms with Gasteiger partial charge in [-0.15, -0.1) is 11.6 Å². The maximum Gasteiger partial charge on any atom is 0.139 e. The third-order valence-electron chi connectivity index (χ3n) is 1.24. The second-order valence-corrected chi connectivity index (χ2v) is 2.39. The van der Waals surface area contributed by atoms with Crippen LogP contribution in [0.15, 0.2) is 24.3 Å². The summed E-state index contributed by atoms with van der Waals surface area (Å²) in [6, 6.07) is 8.20. The van der Waals surface area contributed by atoms with E-state index in [1.165, 1.54) is 11.0 Å². The van der Waals surface area contributed by atoms with E-state index in [1.807, 2.05) is 12.1 Å². The molecule has 1 aromatic carbocycles. The zero-order chi connectivity index (χ0) is 6.69. The monoisotopic (exact) mass is 138 g/mol. The summed E-state index contributed by atoms with van der Waals surface area (Å²) in [7, 11) is 2.07. The summed E-state index contributed by atoms with van der Waals surface area (Å²) < 4.78 is 0. The van der Waals surface area contributed by atoms with E-state index in [-0.39, 0.29) is 0 Å². The Kier molecular flexibility index (Phi) is 2.18. The molecule has 0 atom stereocenters. The van der Waals surface area contributed by atoms with E-state index in [9.17, 15) is 0 Å². The molecule has 0 bridgehead atoms. The van der Waals surface area contributed by atoms with Gasteiger partial charge in [-0.2, -0.15) is 0 Å². The molecule has 0 aliphatic carbocycles. The first-order valence-corrected chi connectivity index (χ1v) is 3.48. The van der Waals surface area contributed by atoms with Gasteiger partial charge in [-0.1, -0.05) is 29.7 Å². The lowest BCUT2D eigenvalue weighted by Crippen LogP contribution is -2.00. The minimum Gasteiger partial charge on any atom is -0.122 e. The number of rotatable bonds is 1. The van der Waals surface area contributed by atoms with Crippen LogP contribution in [0.2, 0.25) is 0 Å². The third kappa shape index (κ3) is 1.76. The van der Waals surface area contributed by atoms with Gasteiger partial charge in [-0.3, -0.25) is 0 Å². The molecule has 0 unspecified atom stereocenters. The molecule has 1 rings (SSSR count). The summed E-state index contributed by atoms with van der Waals surface area (Å²) in [4.78, 5) is 0. The average molecular weight is 138 g/mol. The molecule has 46 valence electrons. The SMILES string of the molecule is Bc1cccc(CCl)c1. The number of hydrogen-bond donors (Lipinski definition) is 0. The molecular formula is C7H8BCl. The molecule has 0 aromatic heterocycles. The molecule has 0 saturated carbocycles. The fourth-order valence-electron chi connectivity index (χ4n) is 0.795. The van der Waals surface area contributed by atoms with E-state index in [0.29, 0.717) is 5.88 Å². The summed E-state index contributed by atoms with van der Waals surface area (Å²) in [6.45, 7) is 0. The Bertz CT molecular complexity index is 198. The largest absolute Gasteiger partial charge is 0.139 e. The molecule has 0 spiro atoms. The molecule has 0 heterocycles. The lowest BCUT2D eigenvalue weighted by Gasteiger charge is -1.94. The summed E-state index contributed by atoms with van der Waals surface area (Å²) in [5, 5.41) is 0. The first-order valence-electron chi connectivity index (χ1n) is 2.94. The maximum absolute atomic E-state index is 5.60. The second kappa shape index (κ2) is 2.93. The van der Waals surface area contributed by atoms with Crippen LogP contribution in [0.4, 0.5) is 0 Å². The van der Waals surface area contributed by atoms with Crippen LogP contribution in [0, 0.1) is 0 Å². The van der Waals surface area contributed by atoms with E-state index >= 15 is 0 Å². The van der Waals surface area contributed by atoms with Gasteiger partial charge in [0.15, 0.2) is 0 Å². The van der Waals surface area contributed by atoms with Crippen LogP contribution in [-0.4, -0.2) is 7.85 Å². The van der Waals surface area contributed by atoms with Gasteiger partial charge in [0.05, 0.1) is 0 Å². The van der Waals surface area contributed by atoms with Crippen molar-refractivity contribution in [1.82, 2.24) is 0 Å². The Hall–Kier alpha value is -0.425. The van der Waals surface area contributed by atoms with E-state index < -0.39 is 0 Å². The molecule has 0 amide bonds. The summed E-state index contributed by atoms with van der Waals surface area (Å²) in [6.07, 6.45) is 0. The van der Waals surface area contributed by atoms with Crippen LogP contribution in [0.3, 0.4) is 0 Å². The molecule has 0 aliphatic heterocycles. The normalized spacial score (nSPS) is 9.44. The van der Waals surface area contributed by atoms with Crippen molar-refractivity contribution >= 4 is 24.9 Å². The molecule has 0 fully saturated rings. The fourth-order valence-corrected chi connectivity index (χ4v) is 0.962. The summed E-state index contributed by atoms with van der Waals surface area (Å²) in [5.74, 6) is 0.613. The Balaban J connectivity index is 2.94. The van der Waals surface area contributed by atoms with E-state index in [0.717, 1.165) is 0 Å². The quantitative estimate of drug-likeness (QED) is 0.396. The van der Waals surface area contributed by atoms with Crippen molar-refractivity contribution in [3.63, 3.8) is 0 Å². The summed E-state index contributed by atoms with van der Waals surface area (Å²) >= 11 is 5.60. The van der Waals surface area contributed by atoms with Crippen LogP contribution in [0.1, 0.15) is 5.56 Å². The first kappa shape index (κ1) is 6.69. The van der Waals surface area contributed by atoms with Crippen molar-refractivity contribution in [2.75, 3.05) is 0 Å². The van der Waals surface area contributed by atoms with Crippen molar-refractivity contribution in [3.8, 4) is 0 Å². The van der Waals surface area contributed by atoms with Crippen LogP contribution < -0.4 is 5.46 Å². The van der Waals surface area contributed by atoms with E-state index in [1.54, 1.807) is 0 Å². The highest BCUT2D eigenvalue weighted by molar-refractivity contribution is 6.32. The van der Waals surface area contributed by atoms with E-state index in [4.69, 9.17) is 11.6 Å². The molecule has 0 N–H and O–H groups in total. The van der Waals surface area contributed by atoms with Crippen molar-refractivity contribution < 1.29 is 0 Å². The van der Waals surface area contributed by atoms with Gasteiger partial charge in [0.25, 0.3) is 0 Å². The molecule has 0 radical (unpaired) electrons. The lowest BCUT2D eigenvalue weighted by molar-refractivity contribution is 1.42. The molecule has 2 heteroatoms. The molecule has 0 nitrogen and oxygen atoms in total. The highest BCUT2D eigenvalue weighted by Gasteiger charge is 1.87. The standard InChI is InChI=1S/C7H8BCl/c8-7-3-1-2-6(4-7)5-9/h1-4H,5,8H2. The van der Waals surface area contributed by atoms with Crippen LogP contribution in [-0.2, 0) is 5.88 Å². The van der Waals surface area contributed by atoms with Crippen LogP contribution >= 0.6 is 11.6 Å². The number of halogens is 1. The Morgan fingerprint density at radius 1 is 1.44 bits per heavy atom. The number of benzene rings is 1. The van der Waals surface area contributed by atoms with Gasteiger partial charge in [0, 0.05) is 5.88 Å². The maximum atomic E-state index is 5.60. The van der Waals surface area contributed by atoms with E-state index in [2.05, 4.69) is 20.0 Å². The minimum absolute atomic E-state index is 0.613. The number of alkyl halides is 1. The van der Waals surface area contributed by atoms with Crippen molar-refractivity contribution in [2.24, 2.45) is 0 Å². The second-order valence-electron chi connectivity index (χ2n) is 2.12. The minimum atomic E-state index is 0.613. The predicted molar refractivity (Wildman–Crippen MR) is 44.2 cm³/mol. The predicted octanol–water partition coefficient (Wildman–Crippen LogP) is 0.684. The van der Waals surface area contributed by atoms with Crippen molar-refractivity contribution in [2.45, 2.75) is 5.88 Å². The average Bonchev–Trinajstić information content (AvgIpc) is 1.88. The first-order chi connectivity index (χ1) is 4.33. The van der Waals surface area contributed by atoms with Crippen LogP contribution in [0.25, 0.3) is 0 Å². The molecular weight excluding hydrogens is 130 g/mol. The zero-order valence-electron chi connectivity index (χ0n) is 5.39. The van der Waals surface area contributed by atoms with Gasteiger partial charge < -0.3 is 0 Å². The smallest absolute Gasteiger partial charge is 0.122 e.